The molecule has 0 aliphatic rings. The summed E-state index contributed by atoms with van der Waals surface area (Å²) in [6.07, 6.45) is 0. The molecule has 0 heterocycles. The van der Waals surface area contributed by atoms with Crippen molar-refractivity contribution < 1.29 is 9.46 Å². The van der Waals surface area contributed by atoms with Crippen LogP contribution in [0, 0.1) is 0 Å². The Kier molecular flexibility index (Phi) is 5.43. The van der Waals surface area contributed by atoms with Crippen LogP contribution in [0.4, 0.5) is 0 Å². The van der Waals surface area contributed by atoms with Gasteiger partial charge in [-0.3, -0.25) is 0 Å². The summed E-state index contributed by atoms with van der Waals surface area (Å²) in [6, 6.07) is 19.1. The fraction of sp³-hybridized carbons (Fsp3) is 0.158. The smallest absolute Gasteiger partial charge is 0.321 e. The molecular formula is C19H19O2P. The van der Waals surface area contributed by atoms with Gasteiger partial charge in [-0.25, -0.2) is 0 Å². The predicted octanol–water partition coefficient (Wildman–Crippen LogP) is 4.88. The van der Waals surface area contributed by atoms with E-state index in [1.807, 2.05) is 74.5 Å². The molecule has 0 amide bonds. The average molecular weight is 310 g/mol. The van der Waals surface area contributed by atoms with E-state index in [1.165, 1.54) is 0 Å². The van der Waals surface area contributed by atoms with E-state index in [0.29, 0.717) is 0 Å². The van der Waals surface area contributed by atoms with Crippen molar-refractivity contribution in [1.82, 2.24) is 0 Å². The molecule has 0 radical (unpaired) electrons. The summed E-state index contributed by atoms with van der Waals surface area (Å²) in [7, 11) is -2.60. The van der Waals surface area contributed by atoms with Crippen LogP contribution >= 0.6 is 8.03 Å². The molecule has 0 N–H and O–H groups in total. The molecule has 0 saturated heterocycles. The molecule has 0 aromatic heterocycles. The molecular weight excluding hydrogens is 291 g/mol. The van der Waals surface area contributed by atoms with Crippen molar-refractivity contribution in [2.75, 3.05) is 0 Å². The minimum absolute atomic E-state index is 0.614. The highest BCUT2D eigenvalue weighted by Gasteiger charge is 2.27. The third kappa shape index (κ3) is 3.59. The Hall–Kier alpha value is -2.02. The van der Waals surface area contributed by atoms with Crippen molar-refractivity contribution in [2.24, 2.45) is 0 Å². The standard InChI is InChI=1S/C19H19O2P/c1-14(15(2)17-10-6-4-7-11-17)16(3)19(22(20)21)18-12-8-5-9-13-18/h4-13,19H,2H2,1,3H3. The first kappa shape index (κ1) is 16.4. The molecule has 22 heavy (non-hydrogen) atoms. The molecule has 0 fully saturated rings. The number of benzene rings is 2. The third-order valence-electron chi connectivity index (χ3n) is 3.90. The lowest BCUT2D eigenvalue weighted by Gasteiger charge is -2.15. The van der Waals surface area contributed by atoms with Crippen molar-refractivity contribution in [1.29, 1.82) is 0 Å². The summed E-state index contributed by atoms with van der Waals surface area (Å²) in [5.74, 6) is 0. The van der Waals surface area contributed by atoms with Crippen LogP contribution in [-0.2, 0) is 4.57 Å². The predicted molar refractivity (Wildman–Crippen MR) is 90.6 cm³/mol. The molecule has 0 spiro atoms. The van der Waals surface area contributed by atoms with Gasteiger partial charge in [-0.05, 0) is 36.1 Å². The molecule has 0 bridgehead atoms. The van der Waals surface area contributed by atoms with E-state index in [-0.39, 0.29) is 0 Å². The Morgan fingerprint density at radius 2 is 1.50 bits per heavy atom. The number of allylic oxidation sites excluding steroid dienone is 3. The molecule has 0 aliphatic heterocycles. The number of hydrogen-bond donors (Lipinski definition) is 0. The highest BCUT2D eigenvalue weighted by atomic mass is 31.1. The van der Waals surface area contributed by atoms with Crippen molar-refractivity contribution in [2.45, 2.75) is 19.5 Å². The van der Waals surface area contributed by atoms with Crippen LogP contribution in [0.1, 0.15) is 30.6 Å². The van der Waals surface area contributed by atoms with Crippen LogP contribution in [0.25, 0.3) is 5.57 Å². The monoisotopic (exact) mass is 310 g/mol. The highest BCUT2D eigenvalue weighted by Crippen LogP contribution is 2.43. The summed E-state index contributed by atoms with van der Waals surface area (Å²) >= 11 is 0. The number of rotatable bonds is 5. The molecule has 2 aromatic carbocycles. The Morgan fingerprint density at radius 3 is 2.00 bits per heavy atom. The second kappa shape index (κ2) is 7.31. The van der Waals surface area contributed by atoms with E-state index in [2.05, 4.69) is 6.58 Å². The van der Waals surface area contributed by atoms with Crippen LogP contribution in [0.3, 0.4) is 0 Å². The van der Waals surface area contributed by atoms with E-state index in [0.717, 1.165) is 27.8 Å². The largest absolute Gasteiger partial charge is 0.595 e. The normalized spacial score (nSPS) is 14.0. The van der Waals surface area contributed by atoms with Gasteiger partial charge < -0.3 is 4.89 Å². The van der Waals surface area contributed by atoms with Crippen LogP contribution in [0.15, 0.2) is 78.4 Å². The van der Waals surface area contributed by atoms with Gasteiger partial charge in [-0.2, -0.15) is 0 Å². The maximum atomic E-state index is 11.8. The SMILES string of the molecule is C=C(C(C)=C(C)C(c1ccccc1)[P+](=O)[O-])c1ccccc1. The van der Waals surface area contributed by atoms with Gasteiger partial charge in [0.1, 0.15) is 0 Å². The van der Waals surface area contributed by atoms with Crippen molar-refractivity contribution in [3.05, 3.63) is 89.5 Å². The van der Waals surface area contributed by atoms with Gasteiger partial charge in [0.2, 0.25) is 0 Å². The van der Waals surface area contributed by atoms with Gasteiger partial charge in [0.25, 0.3) is 0 Å². The second-order valence-corrected chi connectivity index (χ2v) is 6.34. The lowest BCUT2D eigenvalue weighted by atomic mass is 9.93. The van der Waals surface area contributed by atoms with Gasteiger partial charge in [0, 0.05) is 5.56 Å². The van der Waals surface area contributed by atoms with E-state index >= 15 is 0 Å². The molecule has 112 valence electrons. The van der Waals surface area contributed by atoms with E-state index in [1.54, 1.807) is 0 Å². The summed E-state index contributed by atoms with van der Waals surface area (Å²) in [5.41, 5.74) is 3.77. The van der Waals surface area contributed by atoms with Crippen molar-refractivity contribution in [3.63, 3.8) is 0 Å². The topological polar surface area (TPSA) is 40.1 Å². The van der Waals surface area contributed by atoms with Gasteiger partial charge in [0.15, 0.2) is 5.66 Å². The van der Waals surface area contributed by atoms with Gasteiger partial charge in [0.05, 0.1) is 0 Å². The zero-order valence-electron chi connectivity index (χ0n) is 12.8. The molecule has 2 unspecified atom stereocenters. The second-order valence-electron chi connectivity index (χ2n) is 5.25. The molecule has 3 heteroatoms. The first-order valence-electron chi connectivity index (χ1n) is 7.13. The lowest BCUT2D eigenvalue weighted by molar-refractivity contribution is -0.166. The summed E-state index contributed by atoms with van der Waals surface area (Å²) in [5, 5.41) is 0. The van der Waals surface area contributed by atoms with E-state index in [4.69, 9.17) is 0 Å². The molecule has 0 saturated carbocycles. The Balaban J connectivity index is 2.43. The lowest BCUT2D eigenvalue weighted by Crippen LogP contribution is -2.05. The third-order valence-corrected chi connectivity index (χ3v) is 5.01. The molecule has 2 rings (SSSR count). The summed E-state index contributed by atoms with van der Waals surface area (Å²) < 4.78 is 11.8. The van der Waals surface area contributed by atoms with E-state index in [9.17, 15) is 9.46 Å². The van der Waals surface area contributed by atoms with Crippen molar-refractivity contribution in [3.8, 4) is 0 Å². The van der Waals surface area contributed by atoms with Crippen LogP contribution in [0.5, 0.6) is 0 Å². The minimum atomic E-state index is -2.60. The van der Waals surface area contributed by atoms with Crippen molar-refractivity contribution >= 4 is 13.6 Å². The Labute approximate surface area is 132 Å². The summed E-state index contributed by atoms with van der Waals surface area (Å²) in [6.45, 7) is 7.92. The fourth-order valence-corrected chi connectivity index (χ4v) is 3.39. The van der Waals surface area contributed by atoms with Gasteiger partial charge in [-0.1, -0.05) is 71.8 Å². The summed E-state index contributed by atoms with van der Waals surface area (Å²) in [4.78, 5) is 11.8. The molecule has 2 aromatic rings. The first-order valence-corrected chi connectivity index (χ1v) is 8.37. The first-order chi connectivity index (χ1) is 10.5. The maximum absolute atomic E-state index is 11.8. The maximum Gasteiger partial charge on any atom is 0.321 e. The fourth-order valence-electron chi connectivity index (χ4n) is 2.46. The molecule has 0 aliphatic carbocycles. The Morgan fingerprint density at radius 1 is 1.00 bits per heavy atom. The van der Waals surface area contributed by atoms with Crippen LogP contribution < -0.4 is 4.89 Å². The quantitative estimate of drug-likeness (QED) is 0.583. The van der Waals surface area contributed by atoms with E-state index < -0.39 is 13.7 Å². The van der Waals surface area contributed by atoms with Crippen LogP contribution in [-0.4, -0.2) is 0 Å². The minimum Gasteiger partial charge on any atom is -0.595 e. The zero-order chi connectivity index (χ0) is 16.1. The Bertz CT molecular complexity index is 703. The number of hydrogen-bond acceptors (Lipinski definition) is 2. The van der Waals surface area contributed by atoms with Gasteiger partial charge in [-0.15, -0.1) is 0 Å². The highest BCUT2D eigenvalue weighted by molar-refractivity contribution is 7.37. The van der Waals surface area contributed by atoms with Gasteiger partial charge >= 0.3 is 8.03 Å². The zero-order valence-corrected chi connectivity index (χ0v) is 13.7. The average Bonchev–Trinajstić information content (AvgIpc) is 2.55. The molecule has 2 atom stereocenters. The van der Waals surface area contributed by atoms with Crippen LogP contribution in [0.2, 0.25) is 0 Å². The molecule has 2 nitrogen and oxygen atoms in total.